The number of para-hydroxylation sites is 1. The van der Waals surface area contributed by atoms with Crippen LogP contribution in [0.25, 0.3) is 0 Å². The van der Waals surface area contributed by atoms with Crippen molar-refractivity contribution >= 4 is 41.4 Å². The van der Waals surface area contributed by atoms with E-state index in [-0.39, 0.29) is 5.56 Å². The van der Waals surface area contributed by atoms with Crippen LogP contribution in [0.2, 0.25) is 0 Å². The molecule has 1 fully saturated rings. The molecule has 0 spiro atoms. The Labute approximate surface area is 233 Å². The number of amides is 3. The molecule has 3 unspecified atom stereocenters. The zero-order valence-corrected chi connectivity index (χ0v) is 22.7. The van der Waals surface area contributed by atoms with Gasteiger partial charge in [0.1, 0.15) is 12.1 Å². The molecule has 2 aromatic rings. The lowest BCUT2D eigenvalue weighted by Crippen LogP contribution is -2.56. The van der Waals surface area contributed by atoms with Gasteiger partial charge in [-0.05, 0) is 31.5 Å². The number of phenolic OH excluding ortho intramolecular Hbond substituents is 2. The number of carboxylic acid groups (broad SMARTS) is 1. The van der Waals surface area contributed by atoms with Crippen molar-refractivity contribution in [2.24, 2.45) is 0 Å². The normalized spacial score (nSPS) is 19.1. The molecule has 1 aliphatic heterocycles. The Bertz CT molecular complexity index is 1290. The average Bonchev–Trinajstić information content (AvgIpc) is 3.25. The Kier molecular flexibility index (Phi) is 9.60. The number of benzene rings is 2. The van der Waals surface area contributed by atoms with E-state index in [4.69, 9.17) is 4.74 Å². The number of carboxylic acids is 1. The van der Waals surface area contributed by atoms with Gasteiger partial charge >= 0.3 is 11.9 Å². The van der Waals surface area contributed by atoms with Crippen molar-refractivity contribution in [3.8, 4) is 11.5 Å². The van der Waals surface area contributed by atoms with Crippen LogP contribution in [0.5, 0.6) is 11.5 Å². The molecule has 3 rings (SSSR count). The maximum atomic E-state index is 13.5. The summed E-state index contributed by atoms with van der Waals surface area (Å²) in [6, 6.07) is 8.30. The molecule has 14 heteroatoms. The maximum Gasteiger partial charge on any atom is 0.330 e. The minimum atomic E-state index is -1.30. The molecule has 7 N–H and O–H groups in total. The van der Waals surface area contributed by atoms with Crippen molar-refractivity contribution in [1.82, 2.24) is 21.3 Å². The number of hydrogen-bond donors (Lipinski definition) is 7. The van der Waals surface area contributed by atoms with Gasteiger partial charge in [0.2, 0.25) is 11.8 Å². The second-order valence-electron chi connectivity index (χ2n) is 9.36. The number of methoxy groups -OCH3 is 1. The van der Waals surface area contributed by atoms with Gasteiger partial charge in [0.15, 0.2) is 17.5 Å². The topological polar surface area (TPSA) is 203 Å². The predicted molar refractivity (Wildman–Crippen MR) is 143 cm³/mol. The monoisotopic (exact) mass is 574 g/mol. The minimum absolute atomic E-state index is 0.254. The summed E-state index contributed by atoms with van der Waals surface area (Å²) in [5, 5.41) is 38.4. The number of aromatic hydroxyl groups is 2. The standard InChI is InChI=1S/C26H30N4O9S/c1-26(2)20(24(36)37)30-23(40-26)18(25(38)39-3)29-22(35)17(13-8-5-4-6-9-13)28-16(32)12-27-21(34)14-10-7-11-15(31)19(14)33/h4-11,17-18,20,23,30-31,33H,12H2,1-3H3,(H,27,34)(H,28,32)(H,29,35)(H,36,37)/t17?,18-,20?,23?/m0/s1. The molecule has 3 amide bonds. The molecule has 0 saturated carbocycles. The highest BCUT2D eigenvalue weighted by Gasteiger charge is 2.50. The lowest BCUT2D eigenvalue weighted by Gasteiger charge is -2.26. The van der Waals surface area contributed by atoms with E-state index in [0.717, 1.165) is 18.9 Å². The molecule has 13 nitrogen and oxygen atoms in total. The number of rotatable bonds is 10. The fourth-order valence-corrected chi connectivity index (χ4v) is 5.56. The molecule has 214 valence electrons. The zero-order chi connectivity index (χ0) is 29.6. The van der Waals surface area contributed by atoms with Crippen LogP contribution in [0.4, 0.5) is 0 Å². The van der Waals surface area contributed by atoms with Gasteiger partial charge in [-0.3, -0.25) is 24.5 Å². The van der Waals surface area contributed by atoms with Crippen molar-refractivity contribution in [3.63, 3.8) is 0 Å². The molecule has 1 saturated heterocycles. The van der Waals surface area contributed by atoms with E-state index < -0.39 is 76.0 Å². The molecular weight excluding hydrogens is 544 g/mol. The lowest BCUT2D eigenvalue weighted by atomic mass is 10.0. The number of phenols is 2. The summed E-state index contributed by atoms with van der Waals surface area (Å²) < 4.78 is 4.04. The molecule has 4 atom stereocenters. The van der Waals surface area contributed by atoms with Gasteiger partial charge < -0.3 is 36.0 Å². The van der Waals surface area contributed by atoms with E-state index in [1.807, 2.05) is 0 Å². The first-order valence-corrected chi connectivity index (χ1v) is 12.9. The van der Waals surface area contributed by atoms with Crippen molar-refractivity contribution in [2.45, 2.75) is 42.1 Å². The molecule has 1 aliphatic rings. The summed E-state index contributed by atoms with van der Waals surface area (Å²) in [7, 11) is 1.13. The third kappa shape index (κ3) is 7.01. The second kappa shape index (κ2) is 12.7. The van der Waals surface area contributed by atoms with E-state index in [1.165, 1.54) is 18.2 Å². The first-order valence-electron chi connectivity index (χ1n) is 12.0. The van der Waals surface area contributed by atoms with E-state index in [0.29, 0.717) is 5.56 Å². The number of carbonyl (C=O) groups is 5. The van der Waals surface area contributed by atoms with Gasteiger partial charge in [-0.25, -0.2) is 4.79 Å². The summed E-state index contributed by atoms with van der Waals surface area (Å²) in [5.74, 6) is -5.50. The zero-order valence-electron chi connectivity index (χ0n) is 21.8. The predicted octanol–water partition coefficient (Wildman–Crippen LogP) is 0.237. The van der Waals surface area contributed by atoms with Crippen molar-refractivity contribution in [2.75, 3.05) is 13.7 Å². The van der Waals surface area contributed by atoms with Crippen LogP contribution in [0.1, 0.15) is 35.8 Å². The van der Waals surface area contributed by atoms with E-state index in [1.54, 1.807) is 44.2 Å². The van der Waals surface area contributed by atoms with Gasteiger partial charge in [0.25, 0.3) is 5.91 Å². The third-order valence-corrected chi connectivity index (χ3v) is 7.63. The Morgan fingerprint density at radius 2 is 1.70 bits per heavy atom. The quantitative estimate of drug-likeness (QED) is 0.151. The van der Waals surface area contributed by atoms with Crippen LogP contribution in [-0.4, -0.2) is 80.8 Å². The smallest absolute Gasteiger partial charge is 0.330 e. The van der Waals surface area contributed by atoms with Crippen LogP contribution in [0.15, 0.2) is 48.5 Å². The van der Waals surface area contributed by atoms with Crippen LogP contribution in [0, 0.1) is 0 Å². The average molecular weight is 575 g/mol. The Hall–Kier alpha value is -4.30. The van der Waals surface area contributed by atoms with Gasteiger partial charge in [-0.1, -0.05) is 36.4 Å². The van der Waals surface area contributed by atoms with Crippen molar-refractivity contribution < 1.29 is 44.0 Å². The third-order valence-electron chi connectivity index (χ3n) is 6.13. The van der Waals surface area contributed by atoms with Crippen LogP contribution < -0.4 is 21.3 Å². The van der Waals surface area contributed by atoms with Crippen LogP contribution in [-0.2, 0) is 23.9 Å². The maximum absolute atomic E-state index is 13.5. The number of aliphatic carboxylic acids is 1. The van der Waals surface area contributed by atoms with Crippen LogP contribution >= 0.6 is 11.8 Å². The first-order chi connectivity index (χ1) is 18.9. The number of nitrogens with one attached hydrogen (secondary N) is 4. The summed E-state index contributed by atoms with van der Waals surface area (Å²) in [6.45, 7) is 2.80. The largest absolute Gasteiger partial charge is 0.504 e. The summed E-state index contributed by atoms with van der Waals surface area (Å²) in [5.41, 5.74) is 0.111. The summed E-state index contributed by atoms with van der Waals surface area (Å²) in [6.07, 6.45) is 0. The molecule has 2 aromatic carbocycles. The molecule has 0 aromatic heterocycles. The number of ether oxygens (including phenoxy) is 1. The van der Waals surface area contributed by atoms with Crippen molar-refractivity contribution in [3.05, 3.63) is 59.7 Å². The number of hydrogen-bond acceptors (Lipinski definition) is 10. The molecule has 1 heterocycles. The van der Waals surface area contributed by atoms with E-state index in [9.17, 15) is 39.3 Å². The number of esters is 1. The first kappa shape index (κ1) is 30.2. The molecule has 0 radical (unpaired) electrons. The molecular formula is C26H30N4O9S. The number of carbonyl (C=O) groups excluding carboxylic acids is 4. The number of thioether (sulfide) groups is 1. The highest BCUT2D eigenvalue weighted by Crippen LogP contribution is 2.39. The Morgan fingerprint density at radius 3 is 2.30 bits per heavy atom. The van der Waals surface area contributed by atoms with E-state index in [2.05, 4.69) is 21.3 Å². The summed E-state index contributed by atoms with van der Waals surface area (Å²) in [4.78, 5) is 63.0. The SMILES string of the molecule is COC(=O)[C@@H](NC(=O)C(NC(=O)CNC(=O)c1cccc(O)c1O)c1ccccc1)C1NC(C(=O)O)C(C)(C)S1. The van der Waals surface area contributed by atoms with E-state index >= 15 is 0 Å². The van der Waals surface area contributed by atoms with Gasteiger partial charge in [0.05, 0.1) is 24.6 Å². The highest BCUT2D eigenvalue weighted by atomic mass is 32.2. The minimum Gasteiger partial charge on any atom is -0.504 e. The van der Waals surface area contributed by atoms with Gasteiger partial charge in [-0.15, -0.1) is 11.8 Å². The Balaban J connectivity index is 1.76. The van der Waals surface area contributed by atoms with Gasteiger partial charge in [-0.2, -0.15) is 0 Å². The van der Waals surface area contributed by atoms with Gasteiger partial charge in [0, 0.05) is 4.75 Å². The van der Waals surface area contributed by atoms with Crippen molar-refractivity contribution in [1.29, 1.82) is 0 Å². The fourth-order valence-electron chi connectivity index (χ4n) is 4.08. The second-order valence-corrected chi connectivity index (χ2v) is 11.2. The molecule has 0 aliphatic carbocycles. The molecule has 0 bridgehead atoms. The Morgan fingerprint density at radius 1 is 1.02 bits per heavy atom. The fraction of sp³-hybridized carbons (Fsp3) is 0.346. The van der Waals surface area contributed by atoms with Crippen LogP contribution in [0.3, 0.4) is 0 Å². The molecule has 40 heavy (non-hydrogen) atoms. The lowest BCUT2D eigenvalue weighted by molar-refractivity contribution is -0.146. The highest BCUT2D eigenvalue weighted by molar-refractivity contribution is 8.01. The summed E-state index contributed by atoms with van der Waals surface area (Å²) >= 11 is 1.15.